The third-order valence-corrected chi connectivity index (χ3v) is 4.13. The van der Waals surface area contributed by atoms with Gasteiger partial charge in [-0.05, 0) is 13.0 Å². The summed E-state index contributed by atoms with van der Waals surface area (Å²) in [5.74, 6) is -0.514. The molecule has 2 heterocycles. The number of thioether (sulfide) groups is 1. The van der Waals surface area contributed by atoms with E-state index < -0.39 is 0 Å². The van der Waals surface area contributed by atoms with E-state index in [0.29, 0.717) is 28.4 Å². The molecule has 0 atom stereocenters. The number of nitrogens with zero attached hydrogens (tertiary/aromatic N) is 5. The summed E-state index contributed by atoms with van der Waals surface area (Å²) in [6, 6.07) is 6.46. The Balaban J connectivity index is 1.84. The highest BCUT2D eigenvalue weighted by atomic mass is 32.2. The van der Waals surface area contributed by atoms with Crippen LogP contribution in [0.15, 0.2) is 35.6 Å². The quantitative estimate of drug-likeness (QED) is 0.383. The minimum atomic E-state index is -0.326. The third kappa shape index (κ3) is 3.51. The van der Waals surface area contributed by atoms with Gasteiger partial charge in [0.25, 0.3) is 0 Å². The number of hydrogen-bond acceptors (Lipinski definition) is 7. The molecule has 2 aromatic heterocycles. The monoisotopic (exact) mass is 347 g/mol. The largest absolute Gasteiger partial charge is 0.465 e. The minimum Gasteiger partial charge on any atom is -0.465 e. The van der Waals surface area contributed by atoms with E-state index in [1.807, 2.05) is 0 Å². The van der Waals surface area contributed by atoms with Crippen LogP contribution in [0.1, 0.15) is 12.5 Å². The molecule has 1 aromatic carbocycles. The Morgan fingerprint density at radius 2 is 2.17 bits per heavy atom. The lowest BCUT2D eigenvalue weighted by atomic mass is 10.2. The molecule has 9 heteroatoms. The highest BCUT2D eigenvalue weighted by molar-refractivity contribution is 8.00. The number of esters is 1. The maximum absolute atomic E-state index is 13.8. The zero-order valence-corrected chi connectivity index (χ0v) is 13.7. The molecule has 124 valence electrons. The van der Waals surface area contributed by atoms with Crippen molar-refractivity contribution in [2.75, 3.05) is 12.4 Å². The smallest absolute Gasteiger partial charge is 0.316 e. The number of rotatable bonds is 6. The Labute approximate surface area is 141 Å². The Hall–Kier alpha value is -2.55. The zero-order valence-electron chi connectivity index (χ0n) is 12.8. The van der Waals surface area contributed by atoms with Crippen LogP contribution in [-0.4, -0.2) is 43.3 Å². The molecule has 0 saturated carbocycles. The summed E-state index contributed by atoms with van der Waals surface area (Å²) in [7, 11) is 0. The number of fused-ring (bicyclic) bond motifs is 1. The maximum atomic E-state index is 13.8. The Morgan fingerprint density at radius 1 is 1.33 bits per heavy atom. The average molecular weight is 347 g/mol. The summed E-state index contributed by atoms with van der Waals surface area (Å²) >= 11 is 1.21. The van der Waals surface area contributed by atoms with E-state index in [2.05, 4.69) is 20.3 Å². The summed E-state index contributed by atoms with van der Waals surface area (Å²) < 4.78 is 20.2. The van der Waals surface area contributed by atoms with Crippen molar-refractivity contribution >= 4 is 28.9 Å². The van der Waals surface area contributed by atoms with Gasteiger partial charge >= 0.3 is 5.97 Å². The first-order valence-electron chi connectivity index (χ1n) is 7.25. The van der Waals surface area contributed by atoms with E-state index >= 15 is 0 Å². The Kier molecular flexibility index (Phi) is 4.99. The van der Waals surface area contributed by atoms with Crippen LogP contribution in [0.4, 0.5) is 4.39 Å². The fourth-order valence-corrected chi connectivity index (χ4v) is 2.83. The molecular formula is C15H14FN5O2S. The van der Waals surface area contributed by atoms with E-state index in [0.717, 1.165) is 0 Å². The first-order valence-corrected chi connectivity index (χ1v) is 8.23. The second kappa shape index (κ2) is 7.35. The molecule has 0 spiro atoms. The molecule has 0 aliphatic heterocycles. The van der Waals surface area contributed by atoms with Gasteiger partial charge in [-0.3, -0.25) is 4.79 Å². The van der Waals surface area contributed by atoms with E-state index in [-0.39, 0.29) is 24.1 Å². The molecule has 7 nitrogen and oxygen atoms in total. The fraction of sp³-hybridized carbons (Fsp3) is 0.267. The lowest BCUT2D eigenvalue weighted by Crippen LogP contribution is -2.07. The van der Waals surface area contributed by atoms with Gasteiger partial charge in [0, 0.05) is 5.56 Å². The molecule has 0 radical (unpaired) electrons. The first kappa shape index (κ1) is 16.3. The van der Waals surface area contributed by atoms with Crippen molar-refractivity contribution in [3.63, 3.8) is 0 Å². The van der Waals surface area contributed by atoms with Crippen molar-refractivity contribution in [3.8, 4) is 0 Å². The molecule has 24 heavy (non-hydrogen) atoms. The minimum absolute atomic E-state index is 0.125. The van der Waals surface area contributed by atoms with E-state index in [1.54, 1.807) is 25.1 Å². The third-order valence-electron chi connectivity index (χ3n) is 3.18. The molecule has 0 aliphatic carbocycles. The van der Waals surface area contributed by atoms with Crippen molar-refractivity contribution in [3.05, 3.63) is 42.0 Å². The topological polar surface area (TPSA) is 82.8 Å². The summed E-state index contributed by atoms with van der Waals surface area (Å²) in [5.41, 5.74) is 1.45. The van der Waals surface area contributed by atoms with Crippen molar-refractivity contribution in [1.29, 1.82) is 0 Å². The number of benzene rings is 1. The van der Waals surface area contributed by atoms with Crippen LogP contribution in [0.2, 0.25) is 0 Å². The van der Waals surface area contributed by atoms with Crippen LogP contribution in [-0.2, 0) is 16.1 Å². The van der Waals surface area contributed by atoms with Gasteiger partial charge in [-0.1, -0.05) is 35.2 Å². The van der Waals surface area contributed by atoms with E-state index in [4.69, 9.17) is 4.74 Å². The van der Waals surface area contributed by atoms with Crippen LogP contribution in [0.5, 0.6) is 0 Å². The van der Waals surface area contributed by atoms with Crippen LogP contribution in [0.25, 0.3) is 11.2 Å². The average Bonchev–Trinajstić information content (AvgIpc) is 2.99. The molecule has 0 bridgehead atoms. The van der Waals surface area contributed by atoms with E-state index in [1.165, 1.54) is 28.8 Å². The summed E-state index contributed by atoms with van der Waals surface area (Å²) in [4.78, 5) is 19.8. The molecular weight excluding hydrogens is 333 g/mol. The highest BCUT2D eigenvalue weighted by Crippen LogP contribution is 2.23. The van der Waals surface area contributed by atoms with Gasteiger partial charge < -0.3 is 4.74 Å². The van der Waals surface area contributed by atoms with E-state index in [9.17, 15) is 9.18 Å². The summed E-state index contributed by atoms with van der Waals surface area (Å²) in [6.07, 6.45) is 1.37. The lowest BCUT2D eigenvalue weighted by molar-refractivity contribution is -0.139. The number of carbonyl (C=O) groups is 1. The number of carbonyl (C=O) groups excluding carboxylic acids is 1. The molecule has 3 aromatic rings. The summed E-state index contributed by atoms with van der Waals surface area (Å²) in [5, 5.41) is 8.62. The van der Waals surface area contributed by atoms with Crippen molar-refractivity contribution in [2.24, 2.45) is 0 Å². The fourth-order valence-electron chi connectivity index (χ4n) is 2.10. The van der Waals surface area contributed by atoms with Gasteiger partial charge in [-0.15, -0.1) is 5.10 Å². The van der Waals surface area contributed by atoms with Crippen LogP contribution in [0, 0.1) is 5.82 Å². The second-order valence-electron chi connectivity index (χ2n) is 4.78. The number of ether oxygens (including phenoxy) is 1. The standard InChI is InChI=1S/C15H14FN5O2S/c1-2-23-12(22)8-24-15-13-14(17-9-18-15)21(20-19-13)7-10-5-3-4-6-11(10)16/h3-6,9H,2,7-8H2,1H3. The number of aromatic nitrogens is 5. The molecule has 0 unspecified atom stereocenters. The van der Waals surface area contributed by atoms with Crippen LogP contribution < -0.4 is 0 Å². The molecule has 3 rings (SSSR count). The molecule has 0 amide bonds. The maximum Gasteiger partial charge on any atom is 0.316 e. The SMILES string of the molecule is CCOC(=O)CSc1ncnc2c1nnn2Cc1ccccc1F. The van der Waals surface area contributed by atoms with Crippen molar-refractivity contribution < 1.29 is 13.9 Å². The molecule has 0 N–H and O–H groups in total. The molecule has 0 fully saturated rings. The van der Waals surface area contributed by atoms with Gasteiger partial charge in [0.2, 0.25) is 0 Å². The second-order valence-corrected chi connectivity index (χ2v) is 5.75. The predicted octanol–water partition coefficient (Wildman–Crippen LogP) is 2.06. The molecule has 0 saturated heterocycles. The van der Waals surface area contributed by atoms with Crippen molar-refractivity contribution in [2.45, 2.75) is 18.5 Å². The Bertz CT molecular complexity index is 870. The van der Waals surface area contributed by atoms with Gasteiger partial charge in [0.1, 0.15) is 17.2 Å². The number of halogens is 1. The van der Waals surface area contributed by atoms with Gasteiger partial charge in [-0.25, -0.2) is 19.0 Å². The highest BCUT2D eigenvalue weighted by Gasteiger charge is 2.15. The number of hydrogen-bond donors (Lipinski definition) is 0. The molecule has 0 aliphatic rings. The zero-order chi connectivity index (χ0) is 16.9. The van der Waals surface area contributed by atoms with Gasteiger partial charge in [-0.2, -0.15) is 0 Å². The van der Waals surface area contributed by atoms with Crippen LogP contribution in [0.3, 0.4) is 0 Å². The van der Waals surface area contributed by atoms with Crippen LogP contribution >= 0.6 is 11.8 Å². The van der Waals surface area contributed by atoms with Crippen molar-refractivity contribution in [1.82, 2.24) is 25.0 Å². The normalized spacial score (nSPS) is 10.9. The lowest BCUT2D eigenvalue weighted by Gasteiger charge is -2.04. The Morgan fingerprint density at radius 3 is 2.96 bits per heavy atom. The first-order chi connectivity index (χ1) is 11.7. The van der Waals surface area contributed by atoms with Gasteiger partial charge in [0.05, 0.1) is 18.9 Å². The predicted molar refractivity (Wildman–Crippen MR) is 86.0 cm³/mol. The summed E-state index contributed by atoms with van der Waals surface area (Å²) in [6.45, 7) is 2.29. The van der Waals surface area contributed by atoms with Gasteiger partial charge in [0.15, 0.2) is 11.2 Å².